The minimum Gasteiger partial charge on any atom is -0.373 e. The van der Waals surface area contributed by atoms with Gasteiger partial charge >= 0.3 is 0 Å². The average Bonchev–Trinajstić information content (AvgIpc) is 2.31. The minimum atomic E-state index is 0.203. The molecule has 1 fully saturated rings. The van der Waals surface area contributed by atoms with E-state index >= 15 is 0 Å². The average molecular weight is 208 g/mol. The van der Waals surface area contributed by atoms with Crippen molar-refractivity contribution in [3.05, 3.63) is 18.6 Å². The van der Waals surface area contributed by atoms with Gasteiger partial charge < -0.3 is 15.4 Å². The SMILES string of the molecule is CC(Nc1ccncn1)C1CNCCO1. The van der Waals surface area contributed by atoms with Gasteiger partial charge in [0.1, 0.15) is 12.1 Å². The van der Waals surface area contributed by atoms with Gasteiger partial charge in [0, 0.05) is 19.3 Å². The van der Waals surface area contributed by atoms with Gasteiger partial charge in [-0.25, -0.2) is 9.97 Å². The Morgan fingerprint density at radius 2 is 2.60 bits per heavy atom. The first-order valence-corrected chi connectivity index (χ1v) is 5.21. The van der Waals surface area contributed by atoms with Crippen molar-refractivity contribution in [1.29, 1.82) is 0 Å². The van der Waals surface area contributed by atoms with E-state index in [1.54, 1.807) is 6.20 Å². The van der Waals surface area contributed by atoms with Crippen molar-refractivity contribution < 1.29 is 4.74 Å². The molecule has 1 aliphatic heterocycles. The summed E-state index contributed by atoms with van der Waals surface area (Å²) in [5.41, 5.74) is 0. The number of nitrogens with one attached hydrogen (secondary N) is 2. The zero-order valence-corrected chi connectivity index (χ0v) is 8.81. The second-order valence-corrected chi connectivity index (χ2v) is 3.64. The fourth-order valence-electron chi connectivity index (χ4n) is 1.61. The highest BCUT2D eigenvalue weighted by atomic mass is 16.5. The highest BCUT2D eigenvalue weighted by Gasteiger charge is 2.20. The number of aromatic nitrogens is 2. The molecule has 2 heterocycles. The number of hydrogen-bond acceptors (Lipinski definition) is 5. The first kappa shape index (κ1) is 10.3. The molecule has 0 bridgehead atoms. The lowest BCUT2D eigenvalue weighted by molar-refractivity contribution is 0.0201. The third-order valence-electron chi connectivity index (χ3n) is 2.47. The fourth-order valence-corrected chi connectivity index (χ4v) is 1.61. The van der Waals surface area contributed by atoms with E-state index in [1.807, 2.05) is 6.07 Å². The molecule has 5 nitrogen and oxygen atoms in total. The molecule has 1 aromatic heterocycles. The molecule has 0 amide bonds. The number of ether oxygens (including phenoxy) is 1. The summed E-state index contributed by atoms with van der Waals surface area (Å²) in [6.45, 7) is 4.70. The molecule has 0 saturated carbocycles. The van der Waals surface area contributed by atoms with Crippen LogP contribution in [0, 0.1) is 0 Å². The normalized spacial score (nSPS) is 23.4. The Morgan fingerprint density at radius 1 is 1.67 bits per heavy atom. The summed E-state index contributed by atoms with van der Waals surface area (Å²) in [4.78, 5) is 7.99. The number of nitrogens with zero attached hydrogens (tertiary/aromatic N) is 2. The van der Waals surface area contributed by atoms with E-state index in [0.29, 0.717) is 0 Å². The molecule has 1 aromatic rings. The third-order valence-corrected chi connectivity index (χ3v) is 2.47. The van der Waals surface area contributed by atoms with Gasteiger partial charge in [-0.15, -0.1) is 0 Å². The Hall–Kier alpha value is -1.20. The second-order valence-electron chi connectivity index (χ2n) is 3.64. The second kappa shape index (κ2) is 5.04. The highest BCUT2D eigenvalue weighted by molar-refractivity contribution is 5.33. The molecule has 0 aliphatic carbocycles. The van der Waals surface area contributed by atoms with Gasteiger partial charge in [-0.05, 0) is 13.0 Å². The molecule has 1 aliphatic rings. The van der Waals surface area contributed by atoms with Crippen LogP contribution in [0.4, 0.5) is 5.82 Å². The van der Waals surface area contributed by atoms with Crippen LogP contribution < -0.4 is 10.6 Å². The largest absolute Gasteiger partial charge is 0.373 e. The number of anilines is 1. The Morgan fingerprint density at radius 3 is 3.27 bits per heavy atom. The van der Waals surface area contributed by atoms with Crippen molar-refractivity contribution in [1.82, 2.24) is 15.3 Å². The topological polar surface area (TPSA) is 59.1 Å². The van der Waals surface area contributed by atoms with Crippen LogP contribution in [0.15, 0.2) is 18.6 Å². The van der Waals surface area contributed by atoms with Gasteiger partial charge in [0.25, 0.3) is 0 Å². The van der Waals surface area contributed by atoms with Crippen LogP contribution in [0.1, 0.15) is 6.92 Å². The summed E-state index contributed by atoms with van der Waals surface area (Å²) >= 11 is 0. The van der Waals surface area contributed by atoms with Gasteiger partial charge in [0.2, 0.25) is 0 Å². The van der Waals surface area contributed by atoms with Crippen molar-refractivity contribution in [3.63, 3.8) is 0 Å². The fraction of sp³-hybridized carbons (Fsp3) is 0.600. The van der Waals surface area contributed by atoms with Gasteiger partial charge in [-0.2, -0.15) is 0 Å². The van der Waals surface area contributed by atoms with E-state index in [-0.39, 0.29) is 12.1 Å². The van der Waals surface area contributed by atoms with Crippen LogP contribution in [0.2, 0.25) is 0 Å². The van der Waals surface area contributed by atoms with Crippen molar-refractivity contribution in [2.75, 3.05) is 25.0 Å². The van der Waals surface area contributed by atoms with E-state index in [1.165, 1.54) is 6.33 Å². The van der Waals surface area contributed by atoms with Gasteiger partial charge in [-0.3, -0.25) is 0 Å². The monoisotopic (exact) mass is 208 g/mol. The van der Waals surface area contributed by atoms with E-state index in [4.69, 9.17) is 4.74 Å². The van der Waals surface area contributed by atoms with Crippen LogP contribution >= 0.6 is 0 Å². The van der Waals surface area contributed by atoms with Crippen LogP contribution in [0.5, 0.6) is 0 Å². The molecule has 2 rings (SSSR count). The number of hydrogen-bond donors (Lipinski definition) is 2. The van der Waals surface area contributed by atoms with E-state index < -0.39 is 0 Å². The lowest BCUT2D eigenvalue weighted by Crippen LogP contribution is -2.46. The Labute approximate surface area is 89.3 Å². The summed E-state index contributed by atoms with van der Waals surface area (Å²) in [5.74, 6) is 0.840. The molecule has 0 aromatic carbocycles. The van der Waals surface area contributed by atoms with Crippen LogP contribution in [0.3, 0.4) is 0 Å². The summed E-state index contributed by atoms with van der Waals surface area (Å²) in [7, 11) is 0. The van der Waals surface area contributed by atoms with Crippen LogP contribution in [0.25, 0.3) is 0 Å². The van der Waals surface area contributed by atoms with Crippen molar-refractivity contribution in [2.24, 2.45) is 0 Å². The third kappa shape index (κ3) is 2.87. The Kier molecular flexibility index (Phi) is 3.47. The van der Waals surface area contributed by atoms with E-state index in [2.05, 4.69) is 27.5 Å². The van der Waals surface area contributed by atoms with Crippen LogP contribution in [-0.2, 0) is 4.74 Å². The summed E-state index contributed by atoms with van der Waals surface area (Å²) in [6.07, 6.45) is 3.46. The van der Waals surface area contributed by atoms with Gasteiger partial charge in [0.05, 0.1) is 18.8 Å². The van der Waals surface area contributed by atoms with Gasteiger partial charge in [-0.1, -0.05) is 0 Å². The standard InChI is InChI=1S/C10H16N4O/c1-8(9-6-11-4-5-15-9)14-10-2-3-12-7-13-10/h2-3,7-9,11H,4-6H2,1H3,(H,12,13,14). The molecule has 5 heteroatoms. The zero-order chi connectivity index (χ0) is 10.5. The van der Waals surface area contributed by atoms with Crippen LogP contribution in [-0.4, -0.2) is 41.8 Å². The molecule has 2 N–H and O–H groups in total. The first-order valence-electron chi connectivity index (χ1n) is 5.21. The number of morpholine rings is 1. The Bertz CT molecular complexity index is 287. The maximum atomic E-state index is 5.64. The van der Waals surface area contributed by atoms with Gasteiger partial charge in [0.15, 0.2) is 0 Å². The Balaban J connectivity index is 1.88. The van der Waals surface area contributed by atoms with Crippen molar-refractivity contribution >= 4 is 5.82 Å². The smallest absolute Gasteiger partial charge is 0.129 e. The molecule has 82 valence electrons. The summed E-state index contributed by atoms with van der Waals surface area (Å²) < 4.78 is 5.64. The first-order chi connectivity index (χ1) is 7.36. The lowest BCUT2D eigenvalue weighted by Gasteiger charge is -2.29. The number of rotatable bonds is 3. The predicted octanol–water partition coefficient (Wildman–Crippen LogP) is 0.265. The van der Waals surface area contributed by atoms with E-state index in [0.717, 1.165) is 25.5 Å². The summed E-state index contributed by atoms with van der Waals surface area (Å²) in [5, 5.41) is 6.60. The molecule has 0 radical (unpaired) electrons. The van der Waals surface area contributed by atoms with E-state index in [9.17, 15) is 0 Å². The molecule has 2 atom stereocenters. The quantitative estimate of drug-likeness (QED) is 0.746. The molecular formula is C10H16N4O. The molecule has 1 saturated heterocycles. The summed E-state index contributed by atoms with van der Waals surface area (Å²) in [6, 6.07) is 2.10. The van der Waals surface area contributed by atoms with Crippen molar-refractivity contribution in [2.45, 2.75) is 19.1 Å². The predicted molar refractivity (Wildman–Crippen MR) is 57.7 cm³/mol. The molecule has 0 spiro atoms. The zero-order valence-electron chi connectivity index (χ0n) is 8.81. The maximum Gasteiger partial charge on any atom is 0.129 e. The molecular weight excluding hydrogens is 192 g/mol. The minimum absolute atomic E-state index is 0.203. The molecule has 2 unspecified atom stereocenters. The highest BCUT2D eigenvalue weighted by Crippen LogP contribution is 2.08. The van der Waals surface area contributed by atoms with Crippen molar-refractivity contribution in [3.8, 4) is 0 Å². The maximum absolute atomic E-state index is 5.64. The molecule has 15 heavy (non-hydrogen) atoms. The lowest BCUT2D eigenvalue weighted by atomic mass is 10.1.